The van der Waals surface area contributed by atoms with Gasteiger partial charge in [0.25, 0.3) is 0 Å². The van der Waals surface area contributed by atoms with E-state index >= 15 is 0 Å². The van der Waals surface area contributed by atoms with Crippen molar-refractivity contribution in [3.05, 3.63) is 35.9 Å². The van der Waals surface area contributed by atoms with E-state index in [1.807, 2.05) is 44.2 Å². The van der Waals surface area contributed by atoms with Gasteiger partial charge in [-0.25, -0.2) is 0 Å². The Balaban J connectivity index is 2.86. The average Bonchev–Trinajstić information content (AvgIpc) is 2.15. The van der Waals surface area contributed by atoms with Crippen molar-refractivity contribution in [1.82, 2.24) is 0 Å². The summed E-state index contributed by atoms with van der Waals surface area (Å²) in [5.74, 6) is 0.446. The van der Waals surface area contributed by atoms with E-state index in [0.29, 0.717) is 5.84 Å². The zero-order valence-corrected chi connectivity index (χ0v) is 7.86. The molecule has 0 amide bonds. The molecule has 1 rings (SSSR count). The van der Waals surface area contributed by atoms with Crippen LogP contribution in [0.2, 0.25) is 0 Å². The van der Waals surface area contributed by atoms with Crippen LogP contribution in [-0.2, 0) is 0 Å². The van der Waals surface area contributed by atoms with Gasteiger partial charge in [0, 0.05) is 11.3 Å². The molecule has 0 atom stereocenters. The van der Waals surface area contributed by atoms with Gasteiger partial charge in [0.05, 0.1) is 0 Å². The van der Waals surface area contributed by atoms with Crippen LogP contribution in [0, 0.1) is 0 Å². The lowest BCUT2D eigenvalue weighted by molar-refractivity contribution is 1.20. The summed E-state index contributed by atoms with van der Waals surface area (Å²) in [6.45, 7) is 3.75. The molecule has 0 radical (unpaired) electrons. The molecule has 0 saturated carbocycles. The quantitative estimate of drug-likeness (QED) is 0.416. The first-order valence-electron chi connectivity index (χ1n) is 4.10. The minimum Gasteiger partial charge on any atom is -0.382 e. The van der Waals surface area contributed by atoms with Gasteiger partial charge >= 0.3 is 0 Å². The summed E-state index contributed by atoms with van der Waals surface area (Å²) in [5, 5.41) is 7.76. The van der Waals surface area contributed by atoms with Crippen LogP contribution < -0.4 is 5.73 Å². The zero-order valence-electron chi connectivity index (χ0n) is 7.86. The number of rotatable bonds is 2. The fourth-order valence-corrected chi connectivity index (χ4v) is 0.821. The van der Waals surface area contributed by atoms with E-state index in [1.54, 1.807) is 0 Å². The van der Waals surface area contributed by atoms with Crippen molar-refractivity contribution in [2.45, 2.75) is 13.8 Å². The summed E-state index contributed by atoms with van der Waals surface area (Å²) in [5.41, 5.74) is 7.47. The fourth-order valence-electron chi connectivity index (χ4n) is 0.821. The van der Waals surface area contributed by atoms with Gasteiger partial charge in [-0.3, -0.25) is 0 Å². The number of nitrogens with two attached hydrogens (primary N) is 1. The van der Waals surface area contributed by atoms with Gasteiger partial charge < -0.3 is 5.73 Å². The predicted octanol–water partition coefficient (Wildman–Crippen LogP) is 1.79. The van der Waals surface area contributed by atoms with Crippen LogP contribution in [0.15, 0.2) is 40.5 Å². The summed E-state index contributed by atoms with van der Waals surface area (Å²) in [6.07, 6.45) is 0. The third kappa shape index (κ3) is 3.07. The number of benzene rings is 1. The highest BCUT2D eigenvalue weighted by atomic mass is 15.2. The summed E-state index contributed by atoms with van der Waals surface area (Å²) in [6, 6.07) is 9.57. The van der Waals surface area contributed by atoms with E-state index in [9.17, 15) is 0 Å². The van der Waals surface area contributed by atoms with E-state index in [4.69, 9.17) is 5.73 Å². The van der Waals surface area contributed by atoms with Gasteiger partial charge in [0.15, 0.2) is 5.84 Å². The molecule has 0 aliphatic rings. The van der Waals surface area contributed by atoms with Crippen LogP contribution in [0.5, 0.6) is 0 Å². The van der Waals surface area contributed by atoms with Crippen LogP contribution in [0.4, 0.5) is 0 Å². The molecule has 0 bridgehead atoms. The Labute approximate surface area is 78.0 Å². The number of hydrogen-bond donors (Lipinski definition) is 1. The molecule has 1 aromatic rings. The summed E-state index contributed by atoms with van der Waals surface area (Å²) >= 11 is 0. The van der Waals surface area contributed by atoms with Gasteiger partial charge in [-0.15, -0.1) is 5.10 Å². The Morgan fingerprint density at radius 1 is 1.08 bits per heavy atom. The first-order chi connectivity index (χ1) is 6.20. The molecule has 0 heterocycles. The molecule has 1 aromatic carbocycles. The molecule has 0 fully saturated rings. The topological polar surface area (TPSA) is 50.7 Å². The highest BCUT2D eigenvalue weighted by Crippen LogP contribution is 1.97. The second-order valence-corrected chi connectivity index (χ2v) is 2.90. The third-order valence-corrected chi connectivity index (χ3v) is 1.43. The van der Waals surface area contributed by atoms with Crippen molar-refractivity contribution in [2.24, 2.45) is 15.9 Å². The van der Waals surface area contributed by atoms with Crippen LogP contribution in [0.3, 0.4) is 0 Å². The van der Waals surface area contributed by atoms with Gasteiger partial charge in [-0.05, 0) is 13.8 Å². The maximum Gasteiger partial charge on any atom is 0.153 e. The summed E-state index contributed by atoms with van der Waals surface area (Å²) in [7, 11) is 0. The Kier molecular flexibility index (Phi) is 3.20. The van der Waals surface area contributed by atoms with Crippen LogP contribution in [-0.4, -0.2) is 11.5 Å². The van der Waals surface area contributed by atoms with E-state index in [0.717, 1.165) is 11.3 Å². The lowest BCUT2D eigenvalue weighted by Crippen LogP contribution is -2.12. The predicted molar refractivity (Wildman–Crippen MR) is 55.9 cm³/mol. The summed E-state index contributed by atoms with van der Waals surface area (Å²) in [4.78, 5) is 0. The first-order valence-corrected chi connectivity index (χ1v) is 4.10. The van der Waals surface area contributed by atoms with Crippen LogP contribution >= 0.6 is 0 Å². The number of amidine groups is 1. The highest BCUT2D eigenvalue weighted by Gasteiger charge is 1.94. The van der Waals surface area contributed by atoms with E-state index in [2.05, 4.69) is 10.2 Å². The molecule has 3 nitrogen and oxygen atoms in total. The Hall–Kier alpha value is -1.64. The van der Waals surface area contributed by atoms with Crippen molar-refractivity contribution >= 4 is 11.5 Å². The Morgan fingerprint density at radius 3 is 2.23 bits per heavy atom. The van der Waals surface area contributed by atoms with Crippen LogP contribution in [0.25, 0.3) is 0 Å². The molecule has 68 valence electrons. The van der Waals surface area contributed by atoms with E-state index < -0.39 is 0 Å². The standard InChI is InChI=1S/C10H13N3/c1-8(2)12-13-10(11)9-6-4-3-5-7-9/h3-7H,1-2H3,(H2,11,13). The largest absolute Gasteiger partial charge is 0.382 e. The van der Waals surface area contributed by atoms with Crippen molar-refractivity contribution in [2.75, 3.05) is 0 Å². The van der Waals surface area contributed by atoms with Gasteiger partial charge in [-0.1, -0.05) is 30.3 Å². The lowest BCUT2D eigenvalue weighted by Gasteiger charge is -1.96. The van der Waals surface area contributed by atoms with Crippen molar-refractivity contribution in [1.29, 1.82) is 0 Å². The van der Waals surface area contributed by atoms with Gasteiger partial charge in [-0.2, -0.15) is 5.10 Å². The Bertz CT molecular complexity index is 321. The van der Waals surface area contributed by atoms with E-state index in [-0.39, 0.29) is 0 Å². The number of hydrogen-bond acceptors (Lipinski definition) is 2. The molecular formula is C10H13N3. The summed E-state index contributed by atoms with van der Waals surface area (Å²) < 4.78 is 0. The second-order valence-electron chi connectivity index (χ2n) is 2.90. The minimum atomic E-state index is 0.446. The maximum atomic E-state index is 5.69. The molecule has 0 aliphatic heterocycles. The molecule has 0 spiro atoms. The lowest BCUT2D eigenvalue weighted by atomic mass is 10.2. The third-order valence-electron chi connectivity index (χ3n) is 1.43. The van der Waals surface area contributed by atoms with Crippen molar-refractivity contribution in [3.63, 3.8) is 0 Å². The monoisotopic (exact) mass is 175 g/mol. The smallest absolute Gasteiger partial charge is 0.153 e. The molecule has 0 aromatic heterocycles. The molecule has 13 heavy (non-hydrogen) atoms. The van der Waals surface area contributed by atoms with Crippen molar-refractivity contribution in [3.8, 4) is 0 Å². The van der Waals surface area contributed by atoms with Gasteiger partial charge in [0.2, 0.25) is 0 Å². The molecule has 3 heteroatoms. The first kappa shape index (κ1) is 9.45. The van der Waals surface area contributed by atoms with Crippen molar-refractivity contribution < 1.29 is 0 Å². The highest BCUT2D eigenvalue weighted by molar-refractivity contribution is 5.97. The fraction of sp³-hybridized carbons (Fsp3) is 0.200. The maximum absolute atomic E-state index is 5.69. The molecular weight excluding hydrogens is 162 g/mol. The SMILES string of the molecule is CC(C)=N/N=C(/N)c1ccccc1. The molecule has 0 aliphatic carbocycles. The molecule has 2 N–H and O–H groups in total. The minimum absolute atomic E-state index is 0.446. The second kappa shape index (κ2) is 4.40. The number of nitrogens with zero attached hydrogens (tertiary/aromatic N) is 2. The zero-order chi connectivity index (χ0) is 9.68. The molecule has 0 unspecified atom stereocenters. The van der Waals surface area contributed by atoms with Crippen LogP contribution in [0.1, 0.15) is 19.4 Å². The van der Waals surface area contributed by atoms with Gasteiger partial charge in [0.1, 0.15) is 0 Å². The average molecular weight is 175 g/mol. The normalized spacial score (nSPS) is 11.1. The van der Waals surface area contributed by atoms with E-state index in [1.165, 1.54) is 0 Å². The Morgan fingerprint density at radius 2 is 1.69 bits per heavy atom. The molecule has 0 saturated heterocycles.